The molecule has 6 N–H and O–H groups in total. The van der Waals surface area contributed by atoms with Gasteiger partial charge < -0.3 is 15.6 Å². The summed E-state index contributed by atoms with van der Waals surface area (Å²) in [5.41, 5.74) is 6.97. The minimum absolute atomic E-state index is 0.141. The van der Waals surface area contributed by atoms with Crippen molar-refractivity contribution in [1.29, 1.82) is 0 Å². The first-order chi connectivity index (χ1) is 9.64. The van der Waals surface area contributed by atoms with Crippen LogP contribution in [0.3, 0.4) is 0 Å². The first-order valence-electron chi connectivity index (χ1n) is 6.40. The molecule has 0 aliphatic rings. The summed E-state index contributed by atoms with van der Waals surface area (Å²) in [5, 5.41) is 17.1. The van der Waals surface area contributed by atoms with Gasteiger partial charge in [0.05, 0.1) is 0 Å². The standard InChI is InChI=1S/C9H11NO3.C5H11NO2/c11-9(12)6-3-7-1-4-8(10-13)5-2-7;1-5(2,3)8-4(6)7/h1-2,4-5,10,13H,3,6H2,(H,11,12);1-3H3,(H2,6,7)/p+1. The molecule has 0 bridgehead atoms. The number of carboxylic acid groups (broad SMARTS) is 1. The topological polar surface area (TPSA) is 126 Å². The molecule has 0 saturated heterocycles. The second-order valence-corrected chi connectivity index (χ2v) is 5.30. The molecule has 0 radical (unpaired) electrons. The molecule has 0 fully saturated rings. The van der Waals surface area contributed by atoms with Gasteiger partial charge in [-0.3, -0.25) is 4.79 Å². The second kappa shape index (κ2) is 8.93. The summed E-state index contributed by atoms with van der Waals surface area (Å²) in [5.74, 6) is -0.794. The van der Waals surface area contributed by atoms with Crippen molar-refractivity contribution in [2.24, 2.45) is 5.73 Å². The number of rotatable bonds is 4. The van der Waals surface area contributed by atoms with Gasteiger partial charge in [0.1, 0.15) is 5.60 Å². The van der Waals surface area contributed by atoms with Crippen LogP contribution in [-0.2, 0) is 16.0 Å². The maximum Gasteiger partial charge on any atom is 0.405 e. The second-order valence-electron chi connectivity index (χ2n) is 5.30. The third-order valence-electron chi connectivity index (χ3n) is 2.16. The zero-order chi connectivity index (χ0) is 16.5. The summed E-state index contributed by atoms with van der Waals surface area (Å²) < 4.78 is 4.58. The molecule has 1 aromatic rings. The number of hydrogen-bond acceptors (Lipinski definition) is 4. The van der Waals surface area contributed by atoms with Crippen LogP contribution < -0.4 is 11.2 Å². The van der Waals surface area contributed by atoms with Crippen LogP contribution in [0.2, 0.25) is 0 Å². The Hall–Kier alpha value is -2.12. The van der Waals surface area contributed by atoms with Crippen LogP contribution in [-0.4, -0.2) is 28.0 Å². The minimum atomic E-state index is -0.794. The van der Waals surface area contributed by atoms with Crippen LogP contribution in [0.15, 0.2) is 24.3 Å². The molecule has 7 nitrogen and oxygen atoms in total. The fourth-order valence-corrected chi connectivity index (χ4v) is 1.32. The van der Waals surface area contributed by atoms with Crippen molar-refractivity contribution in [3.63, 3.8) is 0 Å². The van der Waals surface area contributed by atoms with Crippen molar-refractivity contribution in [3.05, 3.63) is 29.8 Å². The number of carboxylic acids is 1. The summed E-state index contributed by atoms with van der Waals surface area (Å²) in [6.45, 7) is 5.28. The Morgan fingerprint density at radius 3 is 2.05 bits per heavy atom. The number of primary amides is 1. The summed E-state index contributed by atoms with van der Waals surface area (Å²) >= 11 is 0. The van der Waals surface area contributed by atoms with Gasteiger partial charge in [-0.05, 0) is 32.8 Å². The average Bonchev–Trinajstić information content (AvgIpc) is 2.34. The molecule has 1 aromatic carbocycles. The fourth-order valence-electron chi connectivity index (χ4n) is 1.32. The Balaban J connectivity index is 0.000000433. The number of quaternary nitrogens is 1. The number of amides is 1. The number of hydrogen-bond donors (Lipinski definition) is 4. The van der Waals surface area contributed by atoms with Crippen LogP contribution in [0.25, 0.3) is 0 Å². The molecule has 0 aromatic heterocycles. The Labute approximate surface area is 123 Å². The molecule has 118 valence electrons. The van der Waals surface area contributed by atoms with E-state index in [0.29, 0.717) is 6.42 Å². The van der Waals surface area contributed by atoms with Gasteiger partial charge in [0.25, 0.3) is 0 Å². The van der Waals surface area contributed by atoms with Crippen LogP contribution in [0.1, 0.15) is 32.8 Å². The lowest BCUT2D eigenvalue weighted by molar-refractivity contribution is -0.825. The first-order valence-corrected chi connectivity index (χ1v) is 6.40. The van der Waals surface area contributed by atoms with Gasteiger partial charge in [0.2, 0.25) is 0 Å². The van der Waals surface area contributed by atoms with Crippen molar-refractivity contribution in [2.45, 2.75) is 39.2 Å². The number of aliphatic carboxylic acids is 1. The van der Waals surface area contributed by atoms with Crippen molar-refractivity contribution >= 4 is 17.7 Å². The van der Waals surface area contributed by atoms with Crippen molar-refractivity contribution in [2.75, 3.05) is 0 Å². The lowest BCUT2D eigenvalue weighted by atomic mass is 10.1. The number of benzene rings is 1. The maximum atomic E-state index is 10.2. The highest BCUT2D eigenvalue weighted by Gasteiger charge is 2.12. The molecule has 7 heteroatoms. The van der Waals surface area contributed by atoms with Crippen LogP contribution in [0, 0.1) is 0 Å². The van der Waals surface area contributed by atoms with Crippen molar-refractivity contribution in [1.82, 2.24) is 0 Å². The van der Waals surface area contributed by atoms with E-state index >= 15 is 0 Å². The summed E-state index contributed by atoms with van der Waals surface area (Å²) in [4.78, 5) is 20.3. The van der Waals surface area contributed by atoms with Gasteiger partial charge in [-0.15, -0.1) is 0 Å². The van der Waals surface area contributed by atoms with E-state index in [0.717, 1.165) is 16.7 Å². The predicted octanol–water partition coefficient (Wildman–Crippen LogP) is 1.17. The Morgan fingerprint density at radius 2 is 1.76 bits per heavy atom. The number of carbonyl (C=O) groups excluding carboxylic acids is 1. The molecule has 0 unspecified atom stereocenters. The Bertz CT molecular complexity index is 451. The van der Waals surface area contributed by atoms with Gasteiger partial charge in [-0.1, -0.05) is 12.1 Å². The smallest absolute Gasteiger partial charge is 0.405 e. The van der Waals surface area contributed by atoms with E-state index in [4.69, 9.17) is 16.0 Å². The number of aryl methyl sites for hydroxylation is 1. The number of carbonyl (C=O) groups is 2. The summed E-state index contributed by atoms with van der Waals surface area (Å²) in [6.07, 6.45) is -0.0547. The minimum Gasteiger partial charge on any atom is -0.481 e. The average molecular weight is 299 g/mol. The summed E-state index contributed by atoms with van der Waals surface area (Å²) in [7, 11) is 0. The lowest BCUT2D eigenvalue weighted by Crippen LogP contribution is -2.73. The van der Waals surface area contributed by atoms with E-state index in [9.17, 15) is 9.59 Å². The third-order valence-corrected chi connectivity index (χ3v) is 2.16. The Kier molecular flexibility index (Phi) is 8.03. The molecule has 0 aliphatic heterocycles. The highest BCUT2D eigenvalue weighted by atomic mass is 16.6. The van der Waals surface area contributed by atoms with Crippen LogP contribution in [0.5, 0.6) is 0 Å². The first kappa shape index (κ1) is 18.9. The largest absolute Gasteiger partial charge is 0.481 e. The van der Waals surface area contributed by atoms with Gasteiger partial charge in [-0.2, -0.15) is 5.48 Å². The normalized spacial score (nSPS) is 10.3. The fraction of sp³-hybridized carbons (Fsp3) is 0.429. The zero-order valence-corrected chi connectivity index (χ0v) is 12.5. The summed E-state index contributed by atoms with van der Waals surface area (Å²) in [6, 6.07) is 7.12. The van der Waals surface area contributed by atoms with Crippen molar-refractivity contribution in [3.8, 4) is 0 Å². The maximum absolute atomic E-state index is 10.2. The molecule has 0 aliphatic carbocycles. The SMILES string of the molecule is CC(C)(C)OC(N)=O.O=C(O)CCc1ccc([NH2+]O)cc1. The molecule has 0 atom stereocenters. The quantitative estimate of drug-likeness (QED) is 0.490. The van der Waals surface area contributed by atoms with Crippen LogP contribution >= 0.6 is 0 Å². The molecule has 0 heterocycles. The van der Waals surface area contributed by atoms with Gasteiger partial charge in [0, 0.05) is 18.6 Å². The van der Waals surface area contributed by atoms with Gasteiger partial charge >= 0.3 is 12.1 Å². The van der Waals surface area contributed by atoms with E-state index in [1.165, 1.54) is 0 Å². The number of ether oxygens (including phenoxy) is 1. The van der Waals surface area contributed by atoms with E-state index < -0.39 is 17.7 Å². The molecule has 21 heavy (non-hydrogen) atoms. The van der Waals surface area contributed by atoms with Gasteiger partial charge in [-0.25, -0.2) is 10.0 Å². The molecule has 0 spiro atoms. The monoisotopic (exact) mass is 299 g/mol. The third kappa shape index (κ3) is 11.4. The van der Waals surface area contributed by atoms with E-state index in [1.54, 1.807) is 32.9 Å². The highest BCUT2D eigenvalue weighted by Crippen LogP contribution is 2.06. The zero-order valence-electron chi connectivity index (χ0n) is 12.5. The number of nitrogens with two attached hydrogens (primary N) is 2. The predicted molar refractivity (Wildman–Crippen MR) is 76.2 cm³/mol. The Morgan fingerprint density at radius 1 is 1.24 bits per heavy atom. The van der Waals surface area contributed by atoms with Gasteiger partial charge in [0.15, 0.2) is 5.69 Å². The molecule has 1 rings (SSSR count). The lowest BCUT2D eigenvalue weighted by Gasteiger charge is -2.16. The van der Waals surface area contributed by atoms with E-state index in [2.05, 4.69) is 4.74 Å². The molecular formula is C14H23N2O5+. The van der Waals surface area contributed by atoms with E-state index in [1.807, 2.05) is 12.1 Å². The van der Waals surface area contributed by atoms with Crippen LogP contribution in [0.4, 0.5) is 10.5 Å². The molecular weight excluding hydrogens is 276 g/mol. The van der Waals surface area contributed by atoms with E-state index in [-0.39, 0.29) is 6.42 Å². The molecule has 0 saturated carbocycles. The van der Waals surface area contributed by atoms with Crippen molar-refractivity contribution < 1.29 is 30.1 Å². The highest BCUT2D eigenvalue weighted by molar-refractivity contribution is 5.67. The molecule has 1 amide bonds.